The van der Waals surface area contributed by atoms with Gasteiger partial charge in [0.05, 0.1) is 22.6 Å². The fourth-order valence-electron chi connectivity index (χ4n) is 3.37. The van der Waals surface area contributed by atoms with E-state index in [0.717, 1.165) is 14.7 Å². The van der Waals surface area contributed by atoms with Crippen LogP contribution in [-0.2, 0) is 18.6 Å². The molecule has 11 heteroatoms. The number of hydrogen-bond donors (Lipinski definition) is 3. The van der Waals surface area contributed by atoms with Crippen molar-refractivity contribution in [3.63, 3.8) is 0 Å². The van der Waals surface area contributed by atoms with Crippen molar-refractivity contribution < 1.29 is 24.8 Å². The van der Waals surface area contributed by atoms with Crippen LogP contribution in [0.4, 0.5) is 0 Å². The number of benzene rings is 2. The Bertz CT molecular complexity index is 1110. The van der Waals surface area contributed by atoms with E-state index in [9.17, 15) is 15.3 Å². The molecule has 0 amide bonds. The second kappa shape index (κ2) is 12.9. The number of aliphatic hydroxyl groups is 3. The molecule has 0 saturated heterocycles. The molecule has 3 N–H and O–H groups in total. The number of aliphatic hydroxyl groups excluding tert-OH is 3. The zero-order valence-corrected chi connectivity index (χ0v) is 24.4. The van der Waals surface area contributed by atoms with Gasteiger partial charge in [-0.25, -0.2) is 4.68 Å². The second-order valence-corrected chi connectivity index (χ2v) is 11.0. The number of rotatable bonds is 12. The first-order valence-corrected chi connectivity index (χ1v) is 13.6. The van der Waals surface area contributed by atoms with Gasteiger partial charge in [-0.2, -0.15) is 0 Å². The molecule has 8 nitrogen and oxygen atoms in total. The van der Waals surface area contributed by atoms with Crippen molar-refractivity contribution in [3.8, 4) is 11.5 Å². The highest BCUT2D eigenvalue weighted by atomic mass is 127. The molecule has 3 rings (SSSR count). The fourth-order valence-corrected chi connectivity index (χ4v) is 4.70. The van der Waals surface area contributed by atoms with Gasteiger partial charge < -0.3 is 24.8 Å². The Morgan fingerprint density at radius 2 is 1.66 bits per heavy atom. The fraction of sp³-hybridized carbons (Fsp3) is 0.417. The van der Waals surface area contributed by atoms with Gasteiger partial charge in [0, 0.05) is 5.41 Å². The van der Waals surface area contributed by atoms with E-state index in [1.165, 1.54) is 0 Å². The summed E-state index contributed by atoms with van der Waals surface area (Å²) in [6.45, 7) is 4.58. The molecule has 1 heterocycles. The van der Waals surface area contributed by atoms with Crippen molar-refractivity contribution in [2.24, 2.45) is 0 Å². The maximum Gasteiger partial charge on any atom is 0.132 e. The van der Waals surface area contributed by atoms with E-state index < -0.39 is 12.2 Å². The topological polar surface area (TPSA) is 110 Å². The van der Waals surface area contributed by atoms with Crippen LogP contribution in [0, 0.1) is 7.27 Å². The van der Waals surface area contributed by atoms with E-state index in [0.29, 0.717) is 20.9 Å². The lowest BCUT2D eigenvalue weighted by Gasteiger charge is -2.27. The van der Waals surface area contributed by atoms with Gasteiger partial charge in [0.15, 0.2) is 0 Å². The first-order valence-electron chi connectivity index (χ1n) is 10.9. The van der Waals surface area contributed by atoms with E-state index in [1.807, 2.05) is 59.0 Å². The van der Waals surface area contributed by atoms with Gasteiger partial charge in [-0.05, 0) is 80.6 Å². The molecule has 0 bridgehead atoms. The lowest BCUT2D eigenvalue weighted by Crippen LogP contribution is -2.25. The minimum Gasteiger partial charge on any atom is -0.491 e. The van der Waals surface area contributed by atoms with E-state index in [1.54, 1.807) is 4.68 Å². The van der Waals surface area contributed by atoms with E-state index in [-0.39, 0.29) is 37.7 Å². The van der Waals surface area contributed by atoms with E-state index in [4.69, 9.17) is 21.1 Å². The molecule has 0 aliphatic carbocycles. The zero-order chi connectivity index (χ0) is 25.6. The Labute approximate surface area is 236 Å². The van der Waals surface area contributed by atoms with Crippen molar-refractivity contribution in [2.45, 2.75) is 44.6 Å². The molecular weight excluding hydrogens is 700 g/mol. The average molecular weight is 728 g/mol. The Morgan fingerprint density at radius 1 is 1.00 bits per heavy atom. The Kier molecular flexibility index (Phi) is 10.4. The molecule has 35 heavy (non-hydrogen) atoms. The SMILES string of the molecule is CC(C)(c1ccc(OC[C@@H](O)CCl)cc1)c1ccc(OC[C@@H](O)Cn2nnc(CO)c2I)c(I)c1. The molecule has 0 saturated carbocycles. The van der Waals surface area contributed by atoms with Crippen LogP contribution in [0.5, 0.6) is 11.5 Å². The maximum atomic E-state index is 10.4. The number of halogens is 3. The van der Waals surface area contributed by atoms with Crippen molar-refractivity contribution in [2.75, 3.05) is 19.1 Å². The third-order valence-corrected chi connectivity index (χ3v) is 7.93. The zero-order valence-electron chi connectivity index (χ0n) is 19.4. The summed E-state index contributed by atoms with van der Waals surface area (Å²) < 4.78 is 14.6. The first-order chi connectivity index (χ1) is 16.6. The molecule has 2 aromatic carbocycles. The molecular formula is C24H28ClI2N3O5. The quantitative estimate of drug-likeness (QED) is 0.193. The lowest BCUT2D eigenvalue weighted by atomic mass is 9.78. The normalized spacial score (nSPS) is 13.5. The first kappa shape index (κ1) is 28.4. The summed E-state index contributed by atoms with van der Waals surface area (Å²) in [5.74, 6) is 1.50. The highest BCUT2D eigenvalue weighted by Crippen LogP contribution is 2.35. The van der Waals surface area contributed by atoms with E-state index >= 15 is 0 Å². The van der Waals surface area contributed by atoms with Gasteiger partial charge in [-0.15, -0.1) is 16.7 Å². The van der Waals surface area contributed by atoms with Gasteiger partial charge >= 0.3 is 0 Å². The molecule has 0 aliphatic rings. The summed E-state index contributed by atoms with van der Waals surface area (Å²) in [4.78, 5) is 0. The summed E-state index contributed by atoms with van der Waals surface area (Å²) in [5.41, 5.74) is 2.46. The third-order valence-electron chi connectivity index (χ3n) is 5.55. The van der Waals surface area contributed by atoms with Gasteiger partial charge in [-0.1, -0.05) is 37.3 Å². The monoisotopic (exact) mass is 727 g/mol. The number of ether oxygens (including phenoxy) is 2. The van der Waals surface area contributed by atoms with Crippen LogP contribution in [0.2, 0.25) is 0 Å². The number of hydrogen-bond acceptors (Lipinski definition) is 7. The van der Waals surface area contributed by atoms with Crippen molar-refractivity contribution in [3.05, 3.63) is 66.6 Å². The molecule has 0 fully saturated rings. The van der Waals surface area contributed by atoms with Gasteiger partial charge in [0.1, 0.15) is 46.3 Å². The smallest absolute Gasteiger partial charge is 0.132 e. The molecule has 3 aromatic rings. The van der Waals surface area contributed by atoms with Gasteiger partial charge in [0.2, 0.25) is 0 Å². The average Bonchev–Trinajstić information content (AvgIpc) is 3.20. The maximum absolute atomic E-state index is 10.4. The predicted octanol–water partition coefficient (Wildman–Crippen LogP) is 3.72. The second-order valence-electron chi connectivity index (χ2n) is 8.55. The molecule has 1 aromatic heterocycles. The summed E-state index contributed by atoms with van der Waals surface area (Å²) in [5, 5.41) is 37.0. The molecule has 0 spiro atoms. The lowest BCUT2D eigenvalue weighted by molar-refractivity contribution is 0.0877. The summed E-state index contributed by atoms with van der Waals surface area (Å²) in [6, 6.07) is 13.8. The minimum atomic E-state index is -0.782. The summed E-state index contributed by atoms with van der Waals surface area (Å²) in [7, 11) is 0. The number of aromatic nitrogens is 3. The van der Waals surface area contributed by atoms with Crippen LogP contribution >= 0.6 is 56.8 Å². The molecule has 0 aliphatic heterocycles. The molecule has 0 radical (unpaired) electrons. The number of nitrogens with zero attached hydrogens (tertiary/aromatic N) is 3. The van der Waals surface area contributed by atoms with Crippen LogP contribution in [-0.4, -0.2) is 61.6 Å². The van der Waals surface area contributed by atoms with E-state index in [2.05, 4.69) is 52.8 Å². The van der Waals surface area contributed by atoms with Crippen molar-refractivity contribution in [1.82, 2.24) is 15.0 Å². The van der Waals surface area contributed by atoms with Crippen molar-refractivity contribution >= 4 is 56.8 Å². The third kappa shape index (κ3) is 7.41. The highest BCUT2D eigenvalue weighted by Gasteiger charge is 2.24. The Morgan fingerprint density at radius 3 is 2.26 bits per heavy atom. The molecule has 0 unspecified atom stereocenters. The van der Waals surface area contributed by atoms with Crippen LogP contribution in [0.15, 0.2) is 42.5 Å². The molecule has 190 valence electrons. The highest BCUT2D eigenvalue weighted by molar-refractivity contribution is 14.1. The Balaban J connectivity index is 1.62. The van der Waals surface area contributed by atoms with Crippen LogP contribution < -0.4 is 9.47 Å². The molecule has 2 atom stereocenters. The summed E-state index contributed by atoms with van der Waals surface area (Å²) in [6.07, 6.45) is -1.47. The Hall–Kier alpha value is -1.19. The predicted molar refractivity (Wildman–Crippen MR) is 150 cm³/mol. The minimum absolute atomic E-state index is 0.100. The van der Waals surface area contributed by atoms with Crippen LogP contribution in [0.1, 0.15) is 30.7 Å². The van der Waals surface area contributed by atoms with Gasteiger partial charge in [-0.3, -0.25) is 0 Å². The largest absolute Gasteiger partial charge is 0.491 e. The van der Waals surface area contributed by atoms with Crippen LogP contribution in [0.3, 0.4) is 0 Å². The van der Waals surface area contributed by atoms with Crippen LogP contribution in [0.25, 0.3) is 0 Å². The van der Waals surface area contributed by atoms with Gasteiger partial charge in [0.25, 0.3) is 0 Å². The number of alkyl halides is 1. The van der Waals surface area contributed by atoms with Crippen molar-refractivity contribution in [1.29, 1.82) is 0 Å². The standard InChI is InChI=1S/C24H28ClI2N3O5/c1-24(2,15-3-6-19(7-4-15)34-13-17(32)10-25)16-5-8-22(20(26)9-16)35-14-18(33)11-30-23(27)21(12-31)28-29-30/h3-9,17-18,31-33H,10-14H2,1-2H3/t17-,18-/m0/s1. The summed E-state index contributed by atoms with van der Waals surface area (Å²) >= 11 is 9.89.